The third-order valence-electron chi connectivity index (χ3n) is 2.19. The van der Waals surface area contributed by atoms with E-state index in [1.807, 2.05) is 0 Å². The van der Waals surface area contributed by atoms with E-state index in [1.54, 1.807) is 20.8 Å². The zero-order valence-corrected chi connectivity index (χ0v) is 11.2. The SMILES string of the molecule is CC(C)(C)OC(=O)Nc1nc2ccc(C(=O)O)cn2n1. The van der Waals surface area contributed by atoms with Gasteiger partial charge in [-0.05, 0) is 32.9 Å². The zero-order chi connectivity index (χ0) is 14.9. The summed E-state index contributed by atoms with van der Waals surface area (Å²) in [4.78, 5) is 26.4. The number of anilines is 1. The topological polar surface area (TPSA) is 106 Å². The summed E-state index contributed by atoms with van der Waals surface area (Å²) in [5.41, 5.74) is -0.132. The maximum Gasteiger partial charge on any atom is 0.414 e. The fourth-order valence-corrected chi connectivity index (χ4v) is 1.46. The molecule has 0 aliphatic carbocycles. The monoisotopic (exact) mass is 278 g/mol. The molecule has 0 unspecified atom stereocenters. The molecule has 0 saturated carbocycles. The second-order valence-electron chi connectivity index (χ2n) is 5.09. The average molecular weight is 278 g/mol. The molecule has 2 heterocycles. The fraction of sp³-hybridized carbons (Fsp3) is 0.333. The molecule has 2 rings (SSSR count). The summed E-state index contributed by atoms with van der Waals surface area (Å²) in [6.07, 6.45) is 0.636. The van der Waals surface area contributed by atoms with Gasteiger partial charge >= 0.3 is 12.1 Å². The van der Waals surface area contributed by atoms with E-state index in [0.29, 0.717) is 5.65 Å². The van der Waals surface area contributed by atoms with Gasteiger partial charge in [0.15, 0.2) is 5.65 Å². The lowest BCUT2D eigenvalue weighted by molar-refractivity contribution is 0.0632. The van der Waals surface area contributed by atoms with Crippen LogP contribution in [0.25, 0.3) is 5.65 Å². The summed E-state index contributed by atoms with van der Waals surface area (Å²) in [6.45, 7) is 5.22. The molecule has 0 aliphatic rings. The summed E-state index contributed by atoms with van der Waals surface area (Å²) in [7, 11) is 0. The maximum absolute atomic E-state index is 11.6. The van der Waals surface area contributed by atoms with E-state index in [0.717, 1.165) is 0 Å². The molecule has 20 heavy (non-hydrogen) atoms. The van der Waals surface area contributed by atoms with E-state index in [1.165, 1.54) is 22.8 Å². The summed E-state index contributed by atoms with van der Waals surface area (Å²) in [5.74, 6) is -1.02. The van der Waals surface area contributed by atoms with Crippen LogP contribution in [0.2, 0.25) is 0 Å². The first kappa shape index (κ1) is 13.8. The first-order valence-corrected chi connectivity index (χ1v) is 5.84. The first-order valence-electron chi connectivity index (χ1n) is 5.84. The van der Waals surface area contributed by atoms with Crippen molar-refractivity contribution in [2.24, 2.45) is 0 Å². The molecule has 2 aromatic heterocycles. The Morgan fingerprint density at radius 1 is 1.35 bits per heavy atom. The number of carbonyl (C=O) groups is 2. The molecule has 2 aromatic rings. The van der Waals surface area contributed by atoms with Crippen molar-refractivity contribution in [1.82, 2.24) is 14.6 Å². The van der Waals surface area contributed by atoms with E-state index < -0.39 is 17.7 Å². The molecule has 0 fully saturated rings. The molecular formula is C12H14N4O4. The van der Waals surface area contributed by atoms with Crippen LogP contribution in [-0.2, 0) is 4.74 Å². The predicted octanol–water partition coefficient (Wildman–Crippen LogP) is 1.77. The van der Waals surface area contributed by atoms with Gasteiger partial charge < -0.3 is 9.84 Å². The van der Waals surface area contributed by atoms with E-state index in [9.17, 15) is 9.59 Å². The molecular weight excluding hydrogens is 264 g/mol. The number of nitrogens with zero attached hydrogens (tertiary/aromatic N) is 3. The first-order chi connectivity index (χ1) is 9.24. The van der Waals surface area contributed by atoms with Gasteiger partial charge in [-0.15, -0.1) is 5.10 Å². The number of hydrogen-bond donors (Lipinski definition) is 2. The summed E-state index contributed by atoms with van der Waals surface area (Å²) in [5, 5.41) is 15.2. The molecule has 0 saturated heterocycles. The van der Waals surface area contributed by atoms with Gasteiger partial charge in [0.05, 0.1) is 5.56 Å². The van der Waals surface area contributed by atoms with Crippen molar-refractivity contribution in [2.75, 3.05) is 5.32 Å². The Labute approximate surface area is 114 Å². The van der Waals surface area contributed by atoms with Crippen LogP contribution in [0.15, 0.2) is 18.3 Å². The van der Waals surface area contributed by atoms with Gasteiger partial charge in [-0.3, -0.25) is 5.32 Å². The minimum Gasteiger partial charge on any atom is -0.478 e. The standard InChI is InChI=1S/C12H14N4O4/c1-12(2,3)20-11(19)14-10-13-8-5-4-7(9(17)18)6-16(8)15-10/h4-6H,1-3H3,(H,17,18)(H,14,15,19). The molecule has 0 radical (unpaired) electrons. The minimum atomic E-state index is -1.07. The second kappa shape index (κ2) is 4.80. The summed E-state index contributed by atoms with van der Waals surface area (Å²) < 4.78 is 6.34. The highest BCUT2D eigenvalue weighted by Gasteiger charge is 2.17. The Kier molecular flexibility index (Phi) is 3.31. The quantitative estimate of drug-likeness (QED) is 0.867. The van der Waals surface area contributed by atoms with Gasteiger partial charge in [0.1, 0.15) is 5.60 Å². The Balaban J connectivity index is 2.20. The molecule has 0 spiro atoms. The van der Waals surface area contributed by atoms with Crippen molar-refractivity contribution in [3.63, 3.8) is 0 Å². The number of carboxylic acids is 1. The van der Waals surface area contributed by atoms with Crippen LogP contribution in [0.1, 0.15) is 31.1 Å². The van der Waals surface area contributed by atoms with Gasteiger partial charge in [0.25, 0.3) is 5.95 Å². The molecule has 0 aliphatic heterocycles. The van der Waals surface area contributed by atoms with Gasteiger partial charge in [-0.1, -0.05) is 0 Å². The molecule has 106 valence electrons. The van der Waals surface area contributed by atoms with Gasteiger partial charge in [0, 0.05) is 6.20 Å². The normalized spacial score (nSPS) is 11.3. The summed E-state index contributed by atoms with van der Waals surface area (Å²) in [6, 6.07) is 2.90. The number of amides is 1. The van der Waals surface area contributed by atoms with Gasteiger partial charge in [-0.2, -0.15) is 4.98 Å². The molecule has 0 atom stereocenters. The van der Waals surface area contributed by atoms with Crippen molar-refractivity contribution < 1.29 is 19.4 Å². The number of rotatable bonds is 2. The smallest absolute Gasteiger partial charge is 0.414 e. The molecule has 1 amide bonds. The Hall–Kier alpha value is -2.64. The van der Waals surface area contributed by atoms with Crippen LogP contribution in [0, 0.1) is 0 Å². The number of carbonyl (C=O) groups excluding carboxylic acids is 1. The van der Waals surface area contributed by atoms with Crippen molar-refractivity contribution in [2.45, 2.75) is 26.4 Å². The highest BCUT2D eigenvalue weighted by Crippen LogP contribution is 2.11. The van der Waals surface area contributed by atoms with Crippen LogP contribution in [0.3, 0.4) is 0 Å². The van der Waals surface area contributed by atoms with E-state index in [-0.39, 0.29) is 11.5 Å². The summed E-state index contributed by atoms with van der Waals surface area (Å²) >= 11 is 0. The van der Waals surface area contributed by atoms with Gasteiger partial charge in [-0.25, -0.2) is 14.1 Å². The number of nitrogens with one attached hydrogen (secondary N) is 1. The Morgan fingerprint density at radius 3 is 2.65 bits per heavy atom. The van der Waals surface area contributed by atoms with E-state index in [4.69, 9.17) is 9.84 Å². The third kappa shape index (κ3) is 3.22. The third-order valence-corrected chi connectivity index (χ3v) is 2.19. The number of carboxylic acid groups (broad SMARTS) is 1. The van der Waals surface area contributed by atoms with Crippen molar-refractivity contribution in [3.8, 4) is 0 Å². The lowest BCUT2D eigenvalue weighted by Crippen LogP contribution is -2.27. The van der Waals surface area contributed by atoms with E-state index >= 15 is 0 Å². The lowest BCUT2D eigenvalue weighted by Gasteiger charge is -2.18. The number of pyridine rings is 1. The maximum atomic E-state index is 11.6. The second-order valence-corrected chi connectivity index (χ2v) is 5.09. The number of ether oxygens (including phenoxy) is 1. The molecule has 0 aromatic carbocycles. The molecule has 2 N–H and O–H groups in total. The lowest BCUT2D eigenvalue weighted by atomic mass is 10.2. The van der Waals surface area contributed by atoms with E-state index in [2.05, 4.69) is 15.4 Å². The van der Waals surface area contributed by atoms with Crippen LogP contribution in [0.4, 0.5) is 10.7 Å². The molecule has 8 nitrogen and oxygen atoms in total. The molecule has 8 heteroatoms. The fourth-order valence-electron chi connectivity index (χ4n) is 1.46. The zero-order valence-electron chi connectivity index (χ0n) is 11.2. The van der Waals surface area contributed by atoms with Crippen LogP contribution in [0.5, 0.6) is 0 Å². The van der Waals surface area contributed by atoms with Crippen molar-refractivity contribution in [3.05, 3.63) is 23.9 Å². The van der Waals surface area contributed by atoms with Crippen LogP contribution >= 0.6 is 0 Å². The number of aromatic nitrogens is 3. The molecule has 0 bridgehead atoms. The largest absolute Gasteiger partial charge is 0.478 e. The number of aromatic carboxylic acids is 1. The average Bonchev–Trinajstić information content (AvgIpc) is 2.66. The van der Waals surface area contributed by atoms with Crippen LogP contribution < -0.4 is 5.32 Å². The highest BCUT2D eigenvalue weighted by molar-refractivity contribution is 5.87. The van der Waals surface area contributed by atoms with Crippen molar-refractivity contribution >= 4 is 23.7 Å². The van der Waals surface area contributed by atoms with Crippen molar-refractivity contribution in [1.29, 1.82) is 0 Å². The number of hydrogen-bond acceptors (Lipinski definition) is 5. The van der Waals surface area contributed by atoms with Gasteiger partial charge in [0.2, 0.25) is 0 Å². The Morgan fingerprint density at radius 2 is 2.05 bits per heavy atom. The van der Waals surface area contributed by atoms with Crippen LogP contribution in [-0.4, -0.2) is 37.4 Å². The highest BCUT2D eigenvalue weighted by atomic mass is 16.6. The predicted molar refractivity (Wildman–Crippen MR) is 69.8 cm³/mol. The minimum absolute atomic E-state index is 0.0433. The Bertz CT molecular complexity index is 672. The number of fused-ring (bicyclic) bond motifs is 1.